The summed E-state index contributed by atoms with van der Waals surface area (Å²) in [5.74, 6) is -0.134. The molecule has 0 atom stereocenters. The molecule has 1 aromatic carbocycles. The van der Waals surface area contributed by atoms with E-state index in [2.05, 4.69) is 10.3 Å². The molecular formula is C15H15N3O3S. The molecular weight excluding hydrogens is 302 g/mol. The summed E-state index contributed by atoms with van der Waals surface area (Å²) < 4.78 is 25.3. The van der Waals surface area contributed by atoms with Crippen LogP contribution in [0.3, 0.4) is 0 Å². The van der Waals surface area contributed by atoms with Gasteiger partial charge in [-0.15, -0.1) is 0 Å². The van der Waals surface area contributed by atoms with E-state index in [9.17, 15) is 13.2 Å². The van der Waals surface area contributed by atoms with Crippen LogP contribution in [0, 0.1) is 0 Å². The fraction of sp³-hybridized carbons (Fsp3) is 0.200. The highest BCUT2D eigenvalue weighted by Crippen LogP contribution is 2.25. The Morgan fingerprint density at radius 2 is 1.95 bits per heavy atom. The van der Waals surface area contributed by atoms with Crippen molar-refractivity contribution in [2.24, 2.45) is 0 Å². The molecule has 1 saturated heterocycles. The Morgan fingerprint density at radius 1 is 1.18 bits per heavy atom. The number of nitrogens with zero attached hydrogens (tertiary/aromatic N) is 2. The van der Waals surface area contributed by atoms with E-state index < -0.39 is 10.0 Å². The average molecular weight is 317 g/mol. The monoisotopic (exact) mass is 317 g/mol. The number of benzene rings is 1. The number of carbonyl (C=O) groups is 1. The molecule has 0 radical (unpaired) electrons. The number of hydrogen-bond donors (Lipinski definition) is 1. The van der Waals surface area contributed by atoms with Crippen LogP contribution in [0.4, 0.5) is 11.4 Å². The van der Waals surface area contributed by atoms with Crippen molar-refractivity contribution in [1.29, 1.82) is 0 Å². The summed E-state index contributed by atoms with van der Waals surface area (Å²) >= 11 is 0. The van der Waals surface area contributed by atoms with Crippen molar-refractivity contribution in [2.45, 2.75) is 6.42 Å². The van der Waals surface area contributed by atoms with Gasteiger partial charge in [-0.2, -0.15) is 0 Å². The summed E-state index contributed by atoms with van der Waals surface area (Å²) in [6, 6.07) is 10.0. The molecule has 1 fully saturated rings. The molecule has 0 spiro atoms. The van der Waals surface area contributed by atoms with Crippen LogP contribution in [0.15, 0.2) is 48.8 Å². The first-order chi connectivity index (χ1) is 10.6. The van der Waals surface area contributed by atoms with Gasteiger partial charge in [0.15, 0.2) is 0 Å². The molecule has 0 aliphatic carbocycles. The van der Waals surface area contributed by atoms with Crippen molar-refractivity contribution >= 4 is 27.3 Å². The predicted octanol–water partition coefficient (Wildman–Crippen LogP) is 1.87. The Hall–Kier alpha value is -2.41. The molecule has 114 valence electrons. The lowest BCUT2D eigenvalue weighted by Gasteiger charge is -2.17. The number of pyridine rings is 1. The first-order valence-electron chi connectivity index (χ1n) is 6.88. The SMILES string of the molecule is O=C(Nc1ccncc1)c1cccc(N2CCCS2(=O)=O)c1. The summed E-state index contributed by atoms with van der Waals surface area (Å²) in [4.78, 5) is 16.1. The third-order valence-electron chi connectivity index (χ3n) is 3.43. The van der Waals surface area contributed by atoms with Gasteiger partial charge in [-0.3, -0.25) is 14.1 Å². The van der Waals surface area contributed by atoms with Gasteiger partial charge in [0.25, 0.3) is 5.91 Å². The second-order valence-corrected chi connectivity index (χ2v) is 6.99. The van der Waals surface area contributed by atoms with Crippen LogP contribution in [0.5, 0.6) is 0 Å². The fourth-order valence-electron chi connectivity index (χ4n) is 2.37. The number of hydrogen-bond acceptors (Lipinski definition) is 4. The van der Waals surface area contributed by atoms with E-state index in [-0.39, 0.29) is 11.7 Å². The number of amides is 1. The molecule has 1 amide bonds. The standard InChI is InChI=1S/C15H15N3O3S/c19-15(17-13-5-7-16-8-6-13)12-3-1-4-14(11-12)18-9-2-10-22(18,20)21/h1,3-8,11H,2,9-10H2,(H,16,17,19). The minimum absolute atomic E-state index is 0.153. The van der Waals surface area contributed by atoms with Crippen LogP contribution in [-0.2, 0) is 10.0 Å². The summed E-state index contributed by atoms with van der Waals surface area (Å²) in [5.41, 5.74) is 1.58. The third-order valence-corrected chi connectivity index (χ3v) is 5.30. The van der Waals surface area contributed by atoms with Crippen molar-refractivity contribution in [3.63, 3.8) is 0 Å². The first-order valence-corrected chi connectivity index (χ1v) is 8.49. The summed E-state index contributed by atoms with van der Waals surface area (Å²) in [7, 11) is -3.25. The number of anilines is 2. The van der Waals surface area contributed by atoms with E-state index in [1.807, 2.05) is 0 Å². The van der Waals surface area contributed by atoms with Crippen molar-refractivity contribution in [3.05, 3.63) is 54.4 Å². The average Bonchev–Trinajstić information content (AvgIpc) is 2.88. The van der Waals surface area contributed by atoms with Gasteiger partial charge in [-0.25, -0.2) is 8.42 Å². The molecule has 6 nitrogen and oxygen atoms in total. The van der Waals surface area contributed by atoms with Crippen LogP contribution in [-0.4, -0.2) is 31.6 Å². The largest absolute Gasteiger partial charge is 0.322 e. The maximum Gasteiger partial charge on any atom is 0.255 e. The minimum atomic E-state index is -3.25. The molecule has 2 aromatic rings. The van der Waals surface area contributed by atoms with Gasteiger partial charge in [0.1, 0.15) is 0 Å². The Morgan fingerprint density at radius 3 is 2.64 bits per heavy atom. The van der Waals surface area contributed by atoms with E-state index >= 15 is 0 Å². The van der Waals surface area contributed by atoms with Crippen LogP contribution >= 0.6 is 0 Å². The normalized spacial score (nSPS) is 16.5. The predicted molar refractivity (Wildman–Crippen MR) is 84.4 cm³/mol. The van der Waals surface area contributed by atoms with E-state index in [1.165, 1.54) is 4.31 Å². The molecule has 22 heavy (non-hydrogen) atoms. The van der Waals surface area contributed by atoms with Gasteiger partial charge in [0.05, 0.1) is 11.4 Å². The van der Waals surface area contributed by atoms with E-state index in [0.29, 0.717) is 29.9 Å². The highest BCUT2D eigenvalue weighted by molar-refractivity contribution is 7.93. The molecule has 3 rings (SSSR count). The van der Waals surface area contributed by atoms with Crippen molar-refractivity contribution in [2.75, 3.05) is 21.9 Å². The van der Waals surface area contributed by atoms with E-state index in [4.69, 9.17) is 0 Å². The fourth-order valence-corrected chi connectivity index (χ4v) is 3.93. The Labute approximate surface area is 128 Å². The molecule has 1 aliphatic rings. The Bertz CT molecular complexity index is 791. The van der Waals surface area contributed by atoms with E-state index in [1.54, 1.807) is 48.8 Å². The maximum atomic E-state index is 12.2. The number of rotatable bonds is 3. The Kier molecular flexibility index (Phi) is 3.81. The number of sulfonamides is 1. The van der Waals surface area contributed by atoms with Gasteiger partial charge >= 0.3 is 0 Å². The topological polar surface area (TPSA) is 79.4 Å². The van der Waals surface area contributed by atoms with Crippen molar-refractivity contribution in [3.8, 4) is 0 Å². The minimum Gasteiger partial charge on any atom is -0.322 e. The van der Waals surface area contributed by atoms with Crippen LogP contribution in [0.1, 0.15) is 16.8 Å². The van der Waals surface area contributed by atoms with Crippen molar-refractivity contribution < 1.29 is 13.2 Å². The molecule has 0 bridgehead atoms. The highest BCUT2D eigenvalue weighted by Gasteiger charge is 2.28. The first kappa shape index (κ1) is 14.5. The highest BCUT2D eigenvalue weighted by atomic mass is 32.2. The summed E-state index contributed by atoms with van der Waals surface area (Å²) in [6.45, 7) is 0.456. The number of carbonyl (C=O) groups excluding carboxylic acids is 1. The molecule has 0 saturated carbocycles. The van der Waals surface area contributed by atoms with Crippen LogP contribution in [0.2, 0.25) is 0 Å². The maximum absolute atomic E-state index is 12.2. The van der Waals surface area contributed by atoms with Gasteiger partial charge in [-0.05, 0) is 36.8 Å². The second-order valence-electron chi connectivity index (χ2n) is 4.98. The van der Waals surface area contributed by atoms with Gasteiger partial charge in [-0.1, -0.05) is 6.07 Å². The lowest BCUT2D eigenvalue weighted by Crippen LogP contribution is -2.25. The summed E-state index contributed by atoms with van der Waals surface area (Å²) in [5, 5.41) is 2.75. The quantitative estimate of drug-likeness (QED) is 0.937. The zero-order valence-corrected chi connectivity index (χ0v) is 12.6. The number of aromatic nitrogens is 1. The third kappa shape index (κ3) is 2.94. The lowest BCUT2D eigenvalue weighted by molar-refractivity contribution is 0.102. The number of nitrogens with one attached hydrogen (secondary N) is 1. The lowest BCUT2D eigenvalue weighted by atomic mass is 10.2. The van der Waals surface area contributed by atoms with Crippen LogP contribution in [0.25, 0.3) is 0 Å². The molecule has 2 heterocycles. The van der Waals surface area contributed by atoms with Crippen LogP contribution < -0.4 is 9.62 Å². The zero-order chi connectivity index (χ0) is 15.6. The zero-order valence-electron chi connectivity index (χ0n) is 11.8. The van der Waals surface area contributed by atoms with Gasteiger partial charge in [0.2, 0.25) is 10.0 Å². The van der Waals surface area contributed by atoms with Gasteiger partial charge < -0.3 is 5.32 Å². The van der Waals surface area contributed by atoms with E-state index in [0.717, 1.165) is 0 Å². The molecule has 1 aliphatic heterocycles. The molecule has 0 unspecified atom stereocenters. The molecule has 1 N–H and O–H groups in total. The smallest absolute Gasteiger partial charge is 0.255 e. The van der Waals surface area contributed by atoms with Gasteiger partial charge in [0, 0.05) is 30.2 Å². The molecule has 7 heteroatoms. The summed E-state index contributed by atoms with van der Waals surface area (Å²) in [6.07, 6.45) is 3.78. The Balaban J connectivity index is 1.84. The second kappa shape index (κ2) is 5.76. The van der Waals surface area contributed by atoms with Crippen molar-refractivity contribution in [1.82, 2.24) is 4.98 Å². The molecule has 1 aromatic heterocycles.